The zero-order chi connectivity index (χ0) is 7.68. The van der Waals surface area contributed by atoms with E-state index in [2.05, 4.69) is 11.4 Å². The van der Waals surface area contributed by atoms with Crippen LogP contribution in [0.2, 0.25) is 0 Å². The number of benzene rings is 1. The molecule has 0 saturated carbocycles. The molecular weight excluding hydrogens is 136 g/mol. The van der Waals surface area contributed by atoms with Crippen LogP contribution < -0.4 is 5.32 Å². The topological polar surface area (TPSA) is 35.9 Å². The maximum Gasteiger partial charge on any atom is 0.0527 e. The Morgan fingerprint density at radius 1 is 1.18 bits per heavy atom. The van der Waals surface area contributed by atoms with Crippen molar-refractivity contribution in [3.8, 4) is 0 Å². The highest BCUT2D eigenvalue weighted by molar-refractivity contribution is 6.01. The summed E-state index contributed by atoms with van der Waals surface area (Å²) in [5.41, 5.74) is 3.04. The molecule has 56 valence electrons. The van der Waals surface area contributed by atoms with Crippen LogP contribution in [0.1, 0.15) is 11.1 Å². The minimum atomic E-state index is 0.701. The quantitative estimate of drug-likeness (QED) is 0.566. The Hall–Kier alpha value is -1.15. The Kier molecular flexibility index (Phi) is 1.47. The van der Waals surface area contributed by atoms with E-state index in [1.54, 1.807) is 0 Å². The van der Waals surface area contributed by atoms with Gasteiger partial charge in [-0.1, -0.05) is 24.3 Å². The summed E-state index contributed by atoms with van der Waals surface area (Å²) >= 11 is 0. The molecule has 0 atom stereocenters. The summed E-state index contributed by atoms with van der Waals surface area (Å²) in [5.74, 6) is 0. The minimum Gasteiger partial charge on any atom is -0.307 e. The zero-order valence-corrected chi connectivity index (χ0v) is 6.22. The lowest BCUT2D eigenvalue weighted by Crippen LogP contribution is -2.29. The van der Waals surface area contributed by atoms with Crippen molar-refractivity contribution in [1.82, 2.24) is 5.32 Å². The van der Waals surface area contributed by atoms with Crippen LogP contribution in [0.15, 0.2) is 24.3 Å². The third-order valence-electron chi connectivity index (χ3n) is 1.96. The fraction of sp³-hybridized carbons (Fsp3) is 0.222. The Balaban J connectivity index is 2.52. The highest BCUT2D eigenvalue weighted by atomic mass is 14.9. The van der Waals surface area contributed by atoms with Gasteiger partial charge in [-0.2, -0.15) is 0 Å². The summed E-state index contributed by atoms with van der Waals surface area (Å²) < 4.78 is 0. The number of nitrogens with one attached hydrogen (secondary N) is 2. The molecular formula is C9H10N2. The molecule has 2 nitrogen and oxygen atoms in total. The van der Waals surface area contributed by atoms with Crippen LogP contribution in [0.4, 0.5) is 0 Å². The van der Waals surface area contributed by atoms with Crippen LogP contribution in [0.5, 0.6) is 0 Å². The van der Waals surface area contributed by atoms with Crippen molar-refractivity contribution in [2.45, 2.75) is 6.54 Å². The molecule has 0 radical (unpaired) electrons. The molecule has 0 fully saturated rings. The van der Waals surface area contributed by atoms with Crippen LogP contribution in [0.3, 0.4) is 0 Å². The molecule has 0 bridgehead atoms. The van der Waals surface area contributed by atoms with E-state index in [1.165, 1.54) is 5.56 Å². The maximum absolute atomic E-state index is 7.61. The Bertz CT molecular complexity index is 291. The van der Waals surface area contributed by atoms with E-state index in [0.29, 0.717) is 12.3 Å². The smallest absolute Gasteiger partial charge is 0.0527 e. The average molecular weight is 146 g/mol. The molecule has 0 unspecified atom stereocenters. The van der Waals surface area contributed by atoms with Gasteiger partial charge in [0.25, 0.3) is 0 Å². The molecule has 1 heterocycles. The van der Waals surface area contributed by atoms with Crippen LogP contribution in [-0.2, 0) is 6.54 Å². The standard InChI is InChI=1S/C9H10N2/c10-9-6-11-5-7-3-1-2-4-8(7)9/h1-4,10-11H,5-6H2. The number of rotatable bonds is 0. The monoisotopic (exact) mass is 146 g/mol. The SMILES string of the molecule is N=C1CNCc2ccccc21. The lowest BCUT2D eigenvalue weighted by molar-refractivity contribution is 0.754. The second-order valence-electron chi connectivity index (χ2n) is 2.74. The van der Waals surface area contributed by atoms with Gasteiger partial charge in [0.05, 0.1) is 5.71 Å². The third kappa shape index (κ3) is 1.05. The van der Waals surface area contributed by atoms with E-state index in [-0.39, 0.29) is 0 Å². The Morgan fingerprint density at radius 3 is 2.82 bits per heavy atom. The molecule has 2 heteroatoms. The second kappa shape index (κ2) is 2.47. The average Bonchev–Trinajstić information content (AvgIpc) is 2.06. The minimum absolute atomic E-state index is 0.701. The number of hydrogen-bond donors (Lipinski definition) is 2. The fourth-order valence-corrected chi connectivity index (χ4v) is 1.39. The van der Waals surface area contributed by atoms with Gasteiger partial charge in [-0.05, 0) is 5.56 Å². The van der Waals surface area contributed by atoms with Crippen LogP contribution >= 0.6 is 0 Å². The van der Waals surface area contributed by atoms with Crippen molar-refractivity contribution >= 4 is 5.71 Å². The van der Waals surface area contributed by atoms with E-state index in [4.69, 9.17) is 5.41 Å². The lowest BCUT2D eigenvalue weighted by Gasteiger charge is -2.16. The maximum atomic E-state index is 7.61. The van der Waals surface area contributed by atoms with Crippen LogP contribution in [0, 0.1) is 5.41 Å². The molecule has 1 aromatic rings. The van der Waals surface area contributed by atoms with Gasteiger partial charge in [-0.15, -0.1) is 0 Å². The molecule has 0 amide bonds. The zero-order valence-electron chi connectivity index (χ0n) is 6.22. The van der Waals surface area contributed by atoms with Gasteiger partial charge in [0.1, 0.15) is 0 Å². The Morgan fingerprint density at radius 2 is 2.00 bits per heavy atom. The van der Waals surface area contributed by atoms with Crippen LogP contribution in [0.25, 0.3) is 0 Å². The van der Waals surface area contributed by atoms with Gasteiger partial charge < -0.3 is 10.7 Å². The van der Waals surface area contributed by atoms with Crippen molar-refractivity contribution in [2.75, 3.05) is 6.54 Å². The summed E-state index contributed by atoms with van der Waals surface area (Å²) in [7, 11) is 0. The molecule has 1 aliphatic heterocycles. The van der Waals surface area contributed by atoms with E-state index in [0.717, 1.165) is 12.1 Å². The predicted molar refractivity (Wildman–Crippen MR) is 45.0 cm³/mol. The molecule has 0 saturated heterocycles. The van der Waals surface area contributed by atoms with Crippen molar-refractivity contribution in [3.63, 3.8) is 0 Å². The van der Waals surface area contributed by atoms with Crippen molar-refractivity contribution < 1.29 is 0 Å². The van der Waals surface area contributed by atoms with E-state index in [9.17, 15) is 0 Å². The highest BCUT2D eigenvalue weighted by Crippen LogP contribution is 2.11. The van der Waals surface area contributed by atoms with E-state index in [1.807, 2.05) is 18.2 Å². The number of hydrogen-bond acceptors (Lipinski definition) is 2. The van der Waals surface area contributed by atoms with Gasteiger partial charge >= 0.3 is 0 Å². The molecule has 0 spiro atoms. The summed E-state index contributed by atoms with van der Waals surface area (Å²) in [6.07, 6.45) is 0. The largest absolute Gasteiger partial charge is 0.307 e. The summed E-state index contributed by atoms with van der Waals surface area (Å²) in [6, 6.07) is 8.08. The highest BCUT2D eigenvalue weighted by Gasteiger charge is 2.11. The second-order valence-corrected chi connectivity index (χ2v) is 2.74. The first-order chi connectivity index (χ1) is 5.38. The van der Waals surface area contributed by atoms with Gasteiger partial charge in [-0.25, -0.2) is 0 Å². The van der Waals surface area contributed by atoms with E-state index < -0.39 is 0 Å². The first kappa shape index (κ1) is 6.55. The van der Waals surface area contributed by atoms with Gasteiger partial charge in [0, 0.05) is 18.7 Å². The number of fused-ring (bicyclic) bond motifs is 1. The summed E-state index contributed by atoms with van der Waals surface area (Å²) in [5, 5.41) is 10.8. The van der Waals surface area contributed by atoms with Crippen molar-refractivity contribution in [3.05, 3.63) is 35.4 Å². The van der Waals surface area contributed by atoms with Crippen LogP contribution in [-0.4, -0.2) is 12.3 Å². The first-order valence-corrected chi connectivity index (χ1v) is 3.74. The Labute approximate surface area is 65.8 Å². The molecule has 2 rings (SSSR count). The van der Waals surface area contributed by atoms with Crippen molar-refractivity contribution in [1.29, 1.82) is 5.41 Å². The van der Waals surface area contributed by atoms with Gasteiger partial charge in [-0.3, -0.25) is 0 Å². The van der Waals surface area contributed by atoms with Gasteiger partial charge in [0.15, 0.2) is 0 Å². The van der Waals surface area contributed by atoms with Crippen molar-refractivity contribution in [2.24, 2.45) is 0 Å². The molecule has 11 heavy (non-hydrogen) atoms. The molecule has 0 aromatic heterocycles. The van der Waals surface area contributed by atoms with Gasteiger partial charge in [0.2, 0.25) is 0 Å². The fourth-order valence-electron chi connectivity index (χ4n) is 1.39. The lowest BCUT2D eigenvalue weighted by atomic mass is 10.00. The normalized spacial score (nSPS) is 16.2. The predicted octanol–water partition coefficient (Wildman–Crippen LogP) is 1.16. The molecule has 1 aliphatic rings. The summed E-state index contributed by atoms with van der Waals surface area (Å²) in [6.45, 7) is 1.61. The molecule has 2 N–H and O–H groups in total. The van der Waals surface area contributed by atoms with E-state index >= 15 is 0 Å². The first-order valence-electron chi connectivity index (χ1n) is 3.74. The summed E-state index contributed by atoms with van der Waals surface area (Å²) in [4.78, 5) is 0. The molecule has 1 aromatic carbocycles. The molecule has 0 aliphatic carbocycles. The third-order valence-corrected chi connectivity index (χ3v) is 1.96.